The molecule has 1 nitrogen and oxygen atoms in total. The third-order valence-electron chi connectivity index (χ3n) is 3.11. The van der Waals surface area contributed by atoms with Crippen LogP contribution in [0.4, 0.5) is 8.78 Å². The summed E-state index contributed by atoms with van der Waals surface area (Å²) in [5.74, 6) is -0.872. The highest BCUT2D eigenvalue weighted by molar-refractivity contribution is 5.19. The summed E-state index contributed by atoms with van der Waals surface area (Å²) in [5.41, 5.74) is 0.200. The first-order valence-electron chi connectivity index (χ1n) is 5.35. The molecular weight excluding hydrogens is 196 g/mol. The van der Waals surface area contributed by atoms with Gasteiger partial charge in [-0.15, -0.1) is 0 Å². The molecule has 1 aromatic rings. The van der Waals surface area contributed by atoms with Gasteiger partial charge >= 0.3 is 0 Å². The fraction of sp³-hybridized carbons (Fsp3) is 0.500. The van der Waals surface area contributed by atoms with E-state index in [9.17, 15) is 8.78 Å². The average Bonchev–Trinajstić information content (AvgIpc) is 2.58. The van der Waals surface area contributed by atoms with Crippen LogP contribution in [0.1, 0.15) is 25.3 Å². The molecule has 0 aromatic heterocycles. The minimum Gasteiger partial charge on any atom is -0.296 e. The Morgan fingerprint density at radius 2 is 2.00 bits per heavy atom. The van der Waals surface area contributed by atoms with Crippen LogP contribution in [0.15, 0.2) is 18.2 Å². The lowest BCUT2D eigenvalue weighted by Gasteiger charge is -2.21. The summed E-state index contributed by atoms with van der Waals surface area (Å²) in [6, 6.07) is 4.48. The molecule has 3 heteroatoms. The first-order valence-corrected chi connectivity index (χ1v) is 5.35. The van der Waals surface area contributed by atoms with Crippen molar-refractivity contribution >= 4 is 0 Å². The van der Waals surface area contributed by atoms with Crippen molar-refractivity contribution in [1.82, 2.24) is 4.90 Å². The predicted molar refractivity (Wildman–Crippen MR) is 55.5 cm³/mol. The molecule has 0 spiro atoms. The van der Waals surface area contributed by atoms with Gasteiger partial charge in [0.2, 0.25) is 0 Å². The van der Waals surface area contributed by atoms with E-state index in [1.165, 1.54) is 18.2 Å². The average molecular weight is 211 g/mol. The lowest BCUT2D eigenvalue weighted by Crippen LogP contribution is -2.27. The molecule has 0 amide bonds. The van der Waals surface area contributed by atoms with E-state index in [1.807, 2.05) is 0 Å². The van der Waals surface area contributed by atoms with Crippen molar-refractivity contribution in [3.8, 4) is 0 Å². The number of likely N-dealkylation sites (tertiary alicyclic amines) is 1. The van der Waals surface area contributed by atoms with Crippen LogP contribution in [0.2, 0.25) is 0 Å². The van der Waals surface area contributed by atoms with Crippen molar-refractivity contribution in [2.24, 2.45) is 0 Å². The summed E-state index contributed by atoms with van der Waals surface area (Å²) in [6.45, 7) is 3.43. The lowest BCUT2D eigenvalue weighted by atomic mass is 10.1. The standard InChI is InChI=1S/C12H15F2N/c1-9-4-3-7-15(9)8-10-11(13)5-2-6-12(10)14/h2,5-6,9H,3-4,7-8H2,1H3. The van der Waals surface area contributed by atoms with Gasteiger partial charge in [-0.2, -0.15) is 0 Å². The molecule has 1 fully saturated rings. The van der Waals surface area contributed by atoms with Crippen LogP contribution in [0.5, 0.6) is 0 Å². The van der Waals surface area contributed by atoms with Crippen molar-refractivity contribution < 1.29 is 8.78 Å². The molecule has 15 heavy (non-hydrogen) atoms. The van der Waals surface area contributed by atoms with E-state index in [-0.39, 0.29) is 5.56 Å². The quantitative estimate of drug-likeness (QED) is 0.727. The third-order valence-corrected chi connectivity index (χ3v) is 3.11. The summed E-state index contributed by atoms with van der Waals surface area (Å²) >= 11 is 0. The summed E-state index contributed by atoms with van der Waals surface area (Å²) in [6.07, 6.45) is 2.24. The maximum Gasteiger partial charge on any atom is 0.130 e. The predicted octanol–water partition coefficient (Wildman–Crippen LogP) is 2.95. The minimum atomic E-state index is -0.436. The van der Waals surface area contributed by atoms with Gasteiger partial charge in [0.1, 0.15) is 11.6 Å². The Balaban J connectivity index is 2.16. The molecule has 2 rings (SSSR count). The number of halogens is 2. The molecular formula is C12H15F2N. The van der Waals surface area contributed by atoms with Crippen molar-refractivity contribution in [3.63, 3.8) is 0 Å². The Morgan fingerprint density at radius 1 is 1.33 bits per heavy atom. The third kappa shape index (κ3) is 2.17. The number of hydrogen-bond donors (Lipinski definition) is 0. The van der Waals surface area contributed by atoms with Crippen LogP contribution in [-0.2, 0) is 6.54 Å². The zero-order valence-electron chi connectivity index (χ0n) is 8.84. The number of nitrogens with zero attached hydrogens (tertiary/aromatic N) is 1. The molecule has 0 bridgehead atoms. The van der Waals surface area contributed by atoms with Crippen molar-refractivity contribution in [2.75, 3.05) is 6.54 Å². The zero-order valence-corrected chi connectivity index (χ0v) is 8.84. The van der Waals surface area contributed by atoms with Crippen LogP contribution < -0.4 is 0 Å². The van der Waals surface area contributed by atoms with Gasteiger partial charge in [0.25, 0.3) is 0 Å². The smallest absolute Gasteiger partial charge is 0.130 e. The molecule has 1 saturated heterocycles. The second-order valence-corrected chi connectivity index (χ2v) is 4.16. The van der Waals surface area contributed by atoms with Crippen molar-refractivity contribution in [1.29, 1.82) is 0 Å². The SMILES string of the molecule is CC1CCCN1Cc1c(F)cccc1F. The van der Waals surface area contributed by atoms with Gasteiger partial charge in [-0.3, -0.25) is 4.90 Å². The van der Waals surface area contributed by atoms with E-state index >= 15 is 0 Å². The molecule has 0 radical (unpaired) electrons. The molecule has 0 saturated carbocycles. The monoisotopic (exact) mass is 211 g/mol. The summed E-state index contributed by atoms with van der Waals surface area (Å²) in [5, 5.41) is 0. The van der Waals surface area contributed by atoms with Gasteiger partial charge in [0, 0.05) is 18.2 Å². The van der Waals surface area contributed by atoms with Crippen LogP contribution in [0, 0.1) is 11.6 Å². The Bertz CT molecular complexity index is 331. The van der Waals surface area contributed by atoms with Crippen molar-refractivity contribution in [2.45, 2.75) is 32.4 Å². The van der Waals surface area contributed by atoms with Crippen LogP contribution >= 0.6 is 0 Å². The van der Waals surface area contributed by atoms with Crippen molar-refractivity contribution in [3.05, 3.63) is 35.4 Å². The van der Waals surface area contributed by atoms with Gasteiger partial charge in [0.05, 0.1) is 0 Å². The fourth-order valence-electron chi connectivity index (χ4n) is 2.11. The summed E-state index contributed by atoms with van der Waals surface area (Å²) < 4.78 is 26.7. The van der Waals surface area contributed by atoms with E-state index in [0.717, 1.165) is 19.4 Å². The molecule has 0 aliphatic carbocycles. The van der Waals surface area contributed by atoms with E-state index < -0.39 is 11.6 Å². The van der Waals surface area contributed by atoms with E-state index in [4.69, 9.17) is 0 Å². The largest absolute Gasteiger partial charge is 0.296 e. The van der Waals surface area contributed by atoms with E-state index in [2.05, 4.69) is 11.8 Å². The number of rotatable bonds is 2. The molecule has 82 valence electrons. The Morgan fingerprint density at radius 3 is 2.53 bits per heavy atom. The minimum absolute atomic E-state index is 0.200. The Hall–Kier alpha value is -0.960. The fourth-order valence-corrected chi connectivity index (χ4v) is 2.11. The van der Waals surface area contributed by atoms with Gasteiger partial charge in [-0.1, -0.05) is 6.07 Å². The van der Waals surface area contributed by atoms with Gasteiger partial charge < -0.3 is 0 Å². The molecule has 1 heterocycles. The molecule has 1 aliphatic rings. The second-order valence-electron chi connectivity index (χ2n) is 4.16. The van der Waals surface area contributed by atoms with Crippen LogP contribution in [-0.4, -0.2) is 17.5 Å². The summed E-state index contributed by atoms with van der Waals surface area (Å²) in [4.78, 5) is 2.13. The van der Waals surface area contributed by atoms with Crippen LogP contribution in [0.25, 0.3) is 0 Å². The molecule has 0 N–H and O–H groups in total. The highest BCUT2D eigenvalue weighted by atomic mass is 19.1. The molecule has 1 atom stereocenters. The maximum atomic E-state index is 13.4. The lowest BCUT2D eigenvalue weighted by molar-refractivity contribution is 0.252. The number of hydrogen-bond acceptors (Lipinski definition) is 1. The zero-order chi connectivity index (χ0) is 10.8. The van der Waals surface area contributed by atoms with Gasteiger partial charge in [-0.25, -0.2) is 8.78 Å². The molecule has 1 unspecified atom stereocenters. The van der Waals surface area contributed by atoms with E-state index in [0.29, 0.717) is 12.6 Å². The van der Waals surface area contributed by atoms with Gasteiger partial charge in [-0.05, 0) is 38.4 Å². The van der Waals surface area contributed by atoms with Gasteiger partial charge in [0.15, 0.2) is 0 Å². The molecule has 1 aliphatic heterocycles. The normalized spacial score (nSPS) is 22.2. The highest BCUT2D eigenvalue weighted by Gasteiger charge is 2.22. The maximum absolute atomic E-state index is 13.4. The summed E-state index contributed by atoms with van der Waals surface area (Å²) in [7, 11) is 0. The van der Waals surface area contributed by atoms with Crippen LogP contribution in [0.3, 0.4) is 0 Å². The molecule has 1 aromatic carbocycles. The second kappa shape index (κ2) is 4.27. The Labute approximate surface area is 88.7 Å². The topological polar surface area (TPSA) is 3.24 Å². The highest BCUT2D eigenvalue weighted by Crippen LogP contribution is 2.22. The first-order chi connectivity index (χ1) is 7.18. The first kappa shape index (κ1) is 10.6. The van der Waals surface area contributed by atoms with E-state index in [1.54, 1.807) is 0 Å². The Kier molecular flexibility index (Phi) is 3.00. The number of benzene rings is 1.